The summed E-state index contributed by atoms with van der Waals surface area (Å²) in [4.78, 5) is 13.3. The van der Waals surface area contributed by atoms with Crippen molar-refractivity contribution in [1.82, 2.24) is 0 Å². The van der Waals surface area contributed by atoms with Gasteiger partial charge in [-0.05, 0) is 38.5 Å². The maximum atomic E-state index is 13.3. The lowest BCUT2D eigenvalue weighted by atomic mass is 9.71. The first-order valence-electron chi connectivity index (χ1n) is 10.3. The first-order valence-corrected chi connectivity index (χ1v) is 10.3. The minimum Gasteiger partial charge on any atom is -0.365 e. The Balaban J connectivity index is 2.07. The van der Waals surface area contributed by atoms with Crippen molar-refractivity contribution < 1.29 is 19.4 Å². The number of carbonyl (C=O) groups is 1. The number of ketones is 1. The molecule has 0 radical (unpaired) electrons. The van der Waals surface area contributed by atoms with Gasteiger partial charge in [-0.1, -0.05) is 46.8 Å². The zero-order chi connectivity index (χ0) is 19.7. The third kappa shape index (κ3) is 4.07. The van der Waals surface area contributed by atoms with Gasteiger partial charge in [0, 0.05) is 24.2 Å². The van der Waals surface area contributed by atoms with Crippen LogP contribution in [0.3, 0.4) is 0 Å². The summed E-state index contributed by atoms with van der Waals surface area (Å²) in [7, 11) is 0. The van der Waals surface area contributed by atoms with Crippen molar-refractivity contribution in [1.29, 1.82) is 0 Å². The molecule has 2 heterocycles. The van der Waals surface area contributed by atoms with Crippen LogP contribution in [0.25, 0.3) is 0 Å². The maximum Gasteiger partial charge on any atom is 0.165 e. The third-order valence-electron chi connectivity index (χ3n) is 6.95. The second-order valence-corrected chi connectivity index (χ2v) is 8.71. The zero-order valence-corrected chi connectivity index (χ0v) is 17.6. The fourth-order valence-corrected chi connectivity index (χ4v) is 4.84. The van der Waals surface area contributed by atoms with E-state index in [1.807, 2.05) is 13.8 Å². The molecule has 0 spiro atoms. The molecule has 4 nitrogen and oxygen atoms in total. The molecule has 2 fully saturated rings. The van der Waals surface area contributed by atoms with Gasteiger partial charge in [0.25, 0.3) is 0 Å². The van der Waals surface area contributed by atoms with Crippen LogP contribution < -0.4 is 0 Å². The van der Waals surface area contributed by atoms with E-state index in [0.717, 1.165) is 6.42 Å². The van der Waals surface area contributed by atoms with Gasteiger partial charge in [0.2, 0.25) is 0 Å². The Labute approximate surface area is 159 Å². The van der Waals surface area contributed by atoms with E-state index in [2.05, 4.69) is 46.8 Å². The molecular weight excluding hydrogens is 328 g/mol. The smallest absolute Gasteiger partial charge is 0.165 e. The molecule has 0 amide bonds. The van der Waals surface area contributed by atoms with Gasteiger partial charge in [0.1, 0.15) is 5.78 Å². The molecule has 0 bridgehead atoms. The average Bonchev–Trinajstić information content (AvgIpc) is 3.29. The molecule has 26 heavy (non-hydrogen) atoms. The van der Waals surface area contributed by atoms with Gasteiger partial charge in [0.05, 0.1) is 18.3 Å². The summed E-state index contributed by atoms with van der Waals surface area (Å²) in [5.74, 6) is -0.307. The van der Waals surface area contributed by atoms with E-state index in [4.69, 9.17) is 9.47 Å². The molecule has 1 unspecified atom stereocenters. The number of epoxide rings is 1. The molecular formula is C22H38O4. The van der Waals surface area contributed by atoms with Crippen molar-refractivity contribution in [2.75, 3.05) is 6.61 Å². The Bertz CT molecular complexity index is 530. The molecule has 150 valence electrons. The van der Waals surface area contributed by atoms with Gasteiger partial charge in [0.15, 0.2) is 5.79 Å². The van der Waals surface area contributed by atoms with Gasteiger partial charge in [-0.3, -0.25) is 4.79 Å². The predicted molar refractivity (Wildman–Crippen MR) is 104 cm³/mol. The monoisotopic (exact) mass is 366 g/mol. The highest BCUT2D eigenvalue weighted by atomic mass is 16.6. The van der Waals surface area contributed by atoms with Crippen LogP contribution >= 0.6 is 0 Å². The highest BCUT2D eigenvalue weighted by Gasteiger charge is 2.60. The fraction of sp³-hybridized carbons (Fsp3) is 0.864. The van der Waals surface area contributed by atoms with Crippen molar-refractivity contribution >= 4 is 5.78 Å². The van der Waals surface area contributed by atoms with Crippen LogP contribution in [0.4, 0.5) is 0 Å². The minimum absolute atomic E-state index is 0.0355. The molecule has 2 saturated heterocycles. The molecule has 4 heteroatoms. The summed E-state index contributed by atoms with van der Waals surface area (Å²) in [6, 6.07) is 0. The van der Waals surface area contributed by atoms with Crippen molar-refractivity contribution in [2.45, 2.75) is 85.2 Å². The summed E-state index contributed by atoms with van der Waals surface area (Å²) in [6.45, 7) is 14.9. The number of Topliss-reactive ketones (excluding diaryl/α,β-unsaturated/α-hetero) is 1. The molecule has 2 aliphatic rings. The second kappa shape index (κ2) is 8.12. The Morgan fingerprint density at radius 2 is 2.00 bits per heavy atom. The highest BCUT2D eigenvalue weighted by Crippen LogP contribution is 2.51. The molecule has 2 aliphatic heterocycles. The van der Waals surface area contributed by atoms with E-state index >= 15 is 0 Å². The number of allylic oxidation sites excluding steroid dienone is 1. The standard InChI is InChI=1S/C22H38O4/c1-8-11-14(4)20-21(7,26-20)16(6)17(9-2)19(23)18-13-25-22(24,10-3)12-15(18)5/h8,11,14-18,20,24H,9-10,12-13H2,1-7H3/b11-8-/t14-,15-,16-,17+,18+,20+,21+,22?/m0/s1. The number of hydrogen-bond donors (Lipinski definition) is 1. The summed E-state index contributed by atoms with van der Waals surface area (Å²) in [5, 5.41) is 10.4. The number of rotatable bonds is 8. The highest BCUT2D eigenvalue weighted by molar-refractivity contribution is 5.84. The summed E-state index contributed by atoms with van der Waals surface area (Å²) in [5.41, 5.74) is -0.238. The molecule has 2 rings (SSSR count). The summed E-state index contributed by atoms with van der Waals surface area (Å²) >= 11 is 0. The topological polar surface area (TPSA) is 59.1 Å². The molecule has 0 aliphatic carbocycles. The normalized spacial score (nSPS) is 41.0. The van der Waals surface area contributed by atoms with Crippen molar-refractivity contribution in [2.24, 2.45) is 29.6 Å². The average molecular weight is 367 g/mol. The van der Waals surface area contributed by atoms with Gasteiger partial charge in [-0.2, -0.15) is 0 Å². The van der Waals surface area contributed by atoms with Crippen LogP contribution in [0.15, 0.2) is 12.2 Å². The lowest BCUT2D eigenvalue weighted by Gasteiger charge is -2.41. The number of carbonyl (C=O) groups excluding carboxylic acids is 1. The number of aliphatic hydroxyl groups is 1. The third-order valence-corrected chi connectivity index (χ3v) is 6.95. The van der Waals surface area contributed by atoms with Crippen molar-refractivity contribution in [3.63, 3.8) is 0 Å². The molecule has 0 saturated carbocycles. The summed E-state index contributed by atoms with van der Waals surface area (Å²) in [6.07, 6.45) is 6.32. The van der Waals surface area contributed by atoms with E-state index < -0.39 is 5.79 Å². The molecule has 1 N–H and O–H groups in total. The Morgan fingerprint density at radius 1 is 1.35 bits per heavy atom. The van der Waals surface area contributed by atoms with Gasteiger partial charge in [-0.25, -0.2) is 0 Å². The first kappa shape index (κ1) is 21.6. The van der Waals surface area contributed by atoms with Crippen LogP contribution in [0.2, 0.25) is 0 Å². The fourth-order valence-electron chi connectivity index (χ4n) is 4.84. The number of hydrogen-bond acceptors (Lipinski definition) is 4. The van der Waals surface area contributed by atoms with Crippen molar-refractivity contribution in [3.8, 4) is 0 Å². The van der Waals surface area contributed by atoms with E-state index in [9.17, 15) is 9.90 Å². The van der Waals surface area contributed by atoms with Gasteiger partial charge >= 0.3 is 0 Å². The lowest BCUT2D eigenvalue weighted by molar-refractivity contribution is -0.247. The van der Waals surface area contributed by atoms with Crippen LogP contribution in [-0.4, -0.2) is 35.0 Å². The summed E-state index contributed by atoms with van der Waals surface area (Å²) < 4.78 is 11.8. The largest absolute Gasteiger partial charge is 0.365 e. The van der Waals surface area contributed by atoms with Gasteiger partial charge in [-0.15, -0.1) is 0 Å². The molecule has 0 aromatic carbocycles. The van der Waals surface area contributed by atoms with Crippen LogP contribution in [0, 0.1) is 29.6 Å². The SMILES string of the molecule is C/C=C\[C@H](C)[C@H]1O[C@]1(C)[C@@H](C)[C@@H](CC)C(=O)[C@@H]1COC(O)(CC)C[C@@H]1C. The van der Waals surface area contributed by atoms with Crippen LogP contribution in [-0.2, 0) is 14.3 Å². The van der Waals surface area contributed by atoms with Crippen molar-refractivity contribution in [3.05, 3.63) is 12.2 Å². The molecule has 0 aromatic rings. The Hall–Kier alpha value is -0.710. The number of ether oxygens (including phenoxy) is 2. The van der Waals surface area contributed by atoms with Crippen LogP contribution in [0.5, 0.6) is 0 Å². The van der Waals surface area contributed by atoms with Crippen LogP contribution in [0.1, 0.15) is 67.7 Å². The Kier molecular flexibility index (Phi) is 6.74. The Morgan fingerprint density at radius 3 is 2.50 bits per heavy atom. The quantitative estimate of drug-likeness (QED) is 0.512. The minimum atomic E-state index is -1.07. The van der Waals surface area contributed by atoms with E-state index in [-0.39, 0.29) is 41.2 Å². The zero-order valence-electron chi connectivity index (χ0n) is 17.6. The molecule has 0 aromatic heterocycles. The van der Waals surface area contributed by atoms with Gasteiger partial charge < -0.3 is 14.6 Å². The van der Waals surface area contributed by atoms with E-state index in [1.54, 1.807) is 0 Å². The predicted octanol–water partition coefficient (Wildman–Crippen LogP) is 4.36. The maximum absolute atomic E-state index is 13.3. The first-order chi connectivity index (χ1) is 12.1. The lowest BCUT2D eigenvalue weighted by Crippen LogP contribution is -2.48. The van der Waals surface area contributed by atoms with E-state index in [0.29, 0.717) is 25.4 Å². The molecule has 8 atom stereocenters. The second-order valence-electron chi connectivity index (χ2n) is 8.71. The van der Waals surface area contributed by atoms with E-state index in [1.165, 1.54) is 0 Å².